The number of hydrogen-bond donors (Lipinski definition) is 0. The lowest BCUT2D eigenvalue weighted by atomic mass is 10.3. The van der Waals surface area contributed by atoms with Crippen molar-refractivity contribution in [3.63, 3.8) is 0 Å². The van der Waals surface area contributed by atoms with Crippen molar-refractivity contribution in [2.45, 2.75) is 13.3 Å². The van der Waals surface area contributed by atoms with Gasteiger partial charge in [0.05, 0.1) is 4.47 Å². The molecule has 94 valence electrons. The van der Waals surface area contributed by atoms with Crippen LogP contribution in [0, 0.1) is 5.82 Å². The number of nitrogens with zero attached hydrogens (tertiary/aromatic N) is 2. The normalized spacial score (nSPS) is 10.4. The number of aromatic nitrogens is 2. The maximum atomic E-state index is 13.1. The number of aryl methyl sites for hydroxylation is 1. The minimum Gasteiger partial charge on any atom is -0.439 e. The Morgan fingerprint density at radius 3 is 2.67 bits per heavy atom. The highest BCUT2D eigenvalue weighted by atomic mass is 79.9. The van der Waals surface area contributed by atoms with Crippen LogP contribution in [-0.2, 0) is 6.42 Å². The third-order valence-corrected chi connectivity index (χ3v) is 3.16. The molecule has 0 aliphatic carbocycles. The van der Waals surface area contributed by atoms with E-state index in [1.165, 1.54) is 6.07 Å². The van der Waals surface area contributed by atoms with E-state index in [2.05, 4.69) is 41.8 Å². The SMILES string of the molecule is CCc1nc(Br)cc(Oc2ccc(F)c(Br)c2)n1. The smallest absolute Gasteiger partial charge is 0.223 e. The quantitative estimate of drug-likeness (QED) is 0.741. The van der Waals surface area contributed by atoms with Crippen LogP contribution in [0.1, 0.15) is 12.7 Å². The third kappa shape index (κ3) is 3.26. The van der Waals surface area contributed by atoms with Gasteiger partial charge in [0.1, 0.15) is 22.0 Å². The van der Waals surface area contributed by atoms with Crippen molar-refractivity contribution in [1.82, 2.24) is 9.97 Å². The predicted molar refractivity (Wildman–Crippen MR) is 73.3 cm³/mol. The Bertz CT molecular complexity index is 578. The summed E-state index contributed by atoms with van der Waals surface area (Å²) in [6, 6.07) is 6.09. The Morgan fingerprint density at radius 1 is 1.22 bits per heavy atom. The molecule has 18 heavy (non-hydrogen) atoms. The number of ether oxygens (including phenoxy) is 1. The van der Waals surface area contributed by atoms with E-state index in [-0.39, 0.29) is 5.82 Å². The molecule has 1 aromatic carbocycles. The molecule has 0 atom stereocenters. The number of halogens is 3. The van der Waals surface area contributed by atoms with Gasteiger partial charge in [-0.25, -0.2) is 9.37 Å². The maximum Gasteiger partial charge on any atom is 0.223 e. The van der Waals surface area contributed by atoms with E-state index < -0.39 is 0 Å². The third-order valence-electron chi connectivity index (χ3n) is 2.15. The molecule has 3 nitrogen and oxygen atoms in total. The lowest BCUT2D eigenvalue weighted by Gasteiger charge is -2.07. The van der Waals surface area contributed by atoms with E-state index in [4.69, 9.17) is 4.74 Å². The highest BCUT2D eigenvalue weighted by Gasteiger charge is 2.06. The van der Waals surface area contributed by atoms with E-state index in [0.29, 0.717) is 33.0 Å². The van der Waals surface area contributed by atoms with Crippen molar-refractivity contribution in [1.29, 1.82) is 0 Å². The zero-order chi connectivity index (χ0) is 13.1. The summed E-state index contributed by atoms with van der Waals surface area (Å²) in [6.45, 7) is 1.96. The Morgan fingerprint density at radius 2 is 2.00 bits per heavy atom. The van der Waals surface area contributed by atoms with Crippen LogP contribution < -0.4 is 4.74 Å². The van der Waals surface area contributed by atoms with Crippen molar-refractivity contribution in [3.05, 3.63) is 45.0 Å². The molecule has 0 saturated carbocycles. The van der Waals surface area contributed by atoms with Crippen LogP contribution in [0.3, 0.4) is 0 Å². The zero-order valence-corrected chi connectivity index (χ0v) is 12.6. The second-order valence-electron chi connectivity index (χ2n) is 3.48. The number of hydrogen-bond acceptors (Lipinski definition) is 3. The van der Waals surface area contributed by atoms with Crippen LogP contribution in [0.25, 0.3) is 0 Å². The summed E-state index contributed by atoms with van der Waals surface area (Å²) in [7, 11) is 0. The van der Waals surface area contributed by atoms with Crippen LogP contribution in [0.2, 0.25) is 0 Å². The average molecular weight is 376 g/mol. The van der Waals surface area contributed by atoms with Gasteiger partial charge in [0, 0.05) is 12.5 Å². The molecule has 2 rings (SSSR count). The summed E-state index contributed by atoms with van der Waals surface area (Å²) >= 11 is 6.40. The van der Waals surface area contributed by atoms with Gasteiger partial charge in [0.2, 0.25) is 5.88 Å². The summed E-state index contributed by atoms with van der Waals surface area (Å²) in [5.41, 5.74) is 0. The summed E-state index contributed by atoms with van der Waals surface area (Å²) in [6.07, 6.45) is 0.711. The lowest BCUT2D eigenvalue weighted by Crippen LogP contribution is -1.96. The lowest BCUT2D eigenvalue weighted by molar-refractivity contribution is 0.456. The predicted octanol–water partition coefficient (Wildman–Crippen LogP) is 4.50. The van der Waals surface area contributed by atoms with Gasteiger partial charge in [0.15, 0.2) is 0 Å². The van der Waals surface area contributed by atoms with Crippen molar-refractivity contribution in [2.24, 2.45) is 0 Å². The van der Waals surface area contributed by atoms with Gasteiger partial charge in [-0.2, -0.15) is 4.98 Å². The molecule has 0 bridgehead atoms. The van der Waals surface area contributed by atoms with Crippen molar-refractivity contribution >= 4 is 31.9 Å². The first-order chi connectivity index (χ1) is 8.58. The summed E-state index contributed by atoms with van der Waals surface area (Å²) < 4.78 is 19.7. The van der Waals surface area contributed by atoms with Gasteiger partial charge in [0.25, 0.3) is 0 Å². The highest BCUT2D eigenvalue weighted by Crippen LogP contribution is 2.26. The average Bonchev–Trinajstić information content (AvgIpc) is 2.33. The van der Waals surface area contributed by atoms with Gasteiger partial charge in [-0.1, -0.05) is 6.92 Å². The van der Waals surface area contributed by atoms with Crippen molar-refractivity contribution < 1.29 is 9.13 Å². The molecule has 0 aliphatic rings. The van der Waals surface area contributed by atoms with Crippen LogP contribution in [0.5, 0.6) is 11.6 Å². The first-order valence-corrected chi connectivity index (χ1v) is 6.83. The Kier molecular flexibility index (Phi) is 4.29. The van der Waals surface area contributed by atoms with Crippen molar-refractivity contribution in [2.75, 3.05) is 0 Å². The van der Waals surface area contributed by atoms with Gasteiger partial charge in [-0.05, 0) is 50.1 Å². The number of rotatable bonds is 3. The molecule has 0 fully saturated rings. The van der Waals surface area contributed by atoms with E-state index in [9.17, 15) is 4.39 Å². The standard InChI is InChI=1S/C12H9Br2FN2O/c1-2-11-16-10(14)6-12(17-11)18-7-3-4-9(15)8(13)5-7/h3-6H,2H2,1H3. The first kappa shape index (κ1) is 13.4. The maximum absolute atomic E-state index is 13.1. The first-order valence-electron chi connectivity index (χ1n) is 5.25. The molecule has 0 amide bonds. The highest BCUT2D eigenvalue weighted by molar-refractivity contribution is 9.10. The van der Waals surface area contributed by atoms with Crippen LogP contribution in [0.4, 0.5) is 4.39 Å². The Hall–Kier alpha value is -1.01. The second kappa shape index (κ2) is 5.75. The Labute approximate surface area is 121 Å². The molecule has 1 aromatic heterocycles. The molecule has 6 heteroatoms. The minimum atomic E-state index is -0.333. The number of benzene rings is 1. The largest absolute Gasteiger partial charge is 0.439 e. The van der Waals surface area contributed by atoms with Crippen LogP contribution in [0.15, 0.2) is 33.3 Å². The molecule has 0 aliphatic heterocycles. The minimum absolute atomic E-state index is 0.333. The van der Waals surface area contributed by atoms with Gasteiger partial charge in [-0.15, -0.1) is 0 Å². The summed E-state index contributed by atoms with van der Waals surface area (Å²) in [4.78, 5) is 8.41. The zero-order valence-electron chi connectivity index (χ0n) is 9.45. The monoisotopic (exact) mass is 374 g/mol. The van der Waals surface area contributed by atoms with Crippen LogP contribution >= 0.6 is 31.9 Å². The van der Waals surface area contributed by atoms with Crippen molar-refractivity contribution in [3.8, 4) is 11.6 Å². The fraction of sp³-hybridized carbons (Fsp3) is 0.167. The van der Waals surface area contributed by atoms with E-state index in [1.807, 2.05) is 6.92 Å². The molecule has 0 radical (unpaired) electrons. The fourth-order valence-corrected chi connectivity index (χ4v) is 2.07. The van der Waals surface area contributed by atoms with Gasteiger partial charge in [-0.3, -0.25) is 0 Å². The molecule has 2 aromatic rings. The molecule has 1 heterocycles. The van der Waals surface area contributed by atoms with E-state index in [1.54, 1.807) is 18.2 Å². The fourth-order valence-electron chi connectivity index (χ4n) is 1.31. The molecule has 0 unspecified atom stereocenters. The van der Waals surface area contributed by atoms with E-state index in [0.717, 1.165) is 0 Å². The second-order valence-corrected chi connectivity index (χ2v) is 5.14. The molecule has 0 spiro atoms. The summed E-state index contributed by atoms with van der Waals surface area (Å²) in [5, 5.41) is 0. The molecule has 0 saturated heterocycles. The topological polar surface area (TPSA) is 35.0 Å². The van der Waals surface area contributed by atoms with Crippen LogP contribution in [-0.4, -0.2) is 9.97 Å². The molecular formula is C12H9Br2FN2O. The van der Waals surface area contributed by atoms with E-state index >= 15 is 0 Å². The summed E-state index contributed by atoms with van der Waals surface area (Å²) in [5.74, 6) is 1.28. The Balaban J connectivity index is 2.27. The molecular weight excluding hydrogens is 367 g/mol. The van der Waals surface area contributed by atoms with Gasteiger partial charge < -0.3 is 4.74 Å². The molecule has 0 N–H and O–H groups in total. The van der Waals surface area contributed by atoms with Gasteiger partial charge >= 0.3 is 0 Å².